The van der Waals surface area contributed by atoms with Gasteiger partial charge in [0.1, 0.15) is 11.6 Å². The number of hydrogen-bond donors (Lipinski definition) is 1. The Labute approximate surface area is 169 Å². The fraction of sp³-hybridized carbons (Fsp3) is 0.240. The number of carbonyl (C=O) groups excluding carboxylic acids is 1. The minimum Gasteiger partial charge on any atom is -0.354 e. The van der Waals surface area contributed by atoms with Gasteiger partial charge in [0.15, 0.2) is 0 Å². The summed E-state index contributed by atoms with van der Waals surface area (Å²) in [5.74, 6) is -1.49. The van der Waals surface area contributed by atoms with Crippen molar-refractivity contribution in [3.05, 3.63) is 107 Å². The molecule has 0 aliphatic heterocycles. The Morgan fingerprint density at radius 3 is 2.03 bits per heavy atom. The average molecular weight is 391 g/mol. The molecule has 1 aliphatic carbocycles. The Hall–Kier alpha value is -3.01. The van der Waals surface area contributed by atoms with Crippen LogP contribution in [0.2, 0.25) is 0 Å². The van der Waals surface area contributed by atoms with E-state index in [0.29, 0.717) is 12.1 Å². The van der Waals surface area contributed by atoms with E-state index in [1.807, 2.05) is 67.6 Å². The molecule has 0 saturated heterocycles. The van der Waals surface area contributed by atoms with Gasteiger partial charge in [0.05, 0.1) is 5.92 Å². The summed E-state index contributed by atoms with van der Waals surface area (Å²) < 4.78 is 27.8. The van der Waals surface area contributed by atoms with Crippen LogP contribution in [0.3, 0.4) is 0 Å². The lowest BCUT2D eigenvalue weighted by molar-refractivity contribution is -0.121. The van der Waals surface area contributed by atoms with E-state index in [1.54, 1.807) is 0 Å². The van der Waals surface area contributed by atoms with Gasteiger partial charge in [0.2, 0.25) is 5.91 Å². The smallest absolute Gasteiger partial charge is 0.232 e. The molecule has 2 nitrogen and oxygen atoms in total. The third-order valence-corrected chi connectivity index (χ3v) is 6.03. The van der Waals surface area contributed by atoms with E-state index in [-0.39, 0.29) is 11.8 Å². The van der Waals surface area contributed by atoms with Crippen LogP contribution >= 0.6 is 0 Å². The second-order valence-corrected chi connectivity index (χ2v) is 7.86. The zero-order chi connectivity index (χ0) is 20.4. The molecule has 1 amide bonds. The molecule has 0 aromatic heterocycles. The Morgan fingerprint density at radius 1 is 1.00 bits per heavy atom. The summed E-state index contributed by atoms with van der Waals surface area (Å²) in [5.41, 5.74) is 1.80. The van der Waals surface area contributed by atoms with Gasteiger partial charge in [-0.15, -0.1) is 0 Å². The third kappa shape index (κ3) is 3.80. The molecule has 3 aromatic rings. The highest BCUT2D eigenvalue weighted by Crippen LogP contribution is 2.54. The van der Waals surface area contributed by atoms with Crippen molar-refractivity contribution in [2.45, 2.75) is 24.7 Å². The second-order valence-electron chi connectivity index (χ2n) is 7.86. The zero-order valence-corrected chi connectivity index (χ0v) is 16.2. The molecule has 148 valence electrons. The van der Waals surface area contributed by atoms with Gasteiger partial charge in [-0.3, -0.25) is 4.79 Å². The summed E-state index contributed by atoms with van der Waals surface area (Å²) in [7, 11) is 0. The minimum absolute atomic E-state index is 0.122. The third-order valence-electron chi connectivity index (χ3n) is 6.03. The maximum absolute atomic E-state index is 14.4. The highest BCUT2D eigenvalue weighted by molar-refractivity contribution is 5.87. The lowest BCUT2D eigenvalue weighted by Gasteiger charge is -2.22. The molecule has 4 rings (SSSR count). The first-order chi connectivity index (χ1) is 14.0. The van der Waals surface area contributed by atoms with Gasteiger partial charge >= 0.3 is 0 Å². The Balaban J connectivity index is 1.58. The number of carbonyl (C=O) groups is 1. The fourth-order valence-corrected chi connectivity index (χ4v) is 4.23. The Bertz CT molecular complexity index is 966. The van der Waals surface area contributed by atoms with E-state index < -0.39 is 23.0 Å². The van der Waals surface area contributed by atoms with Gasteiger partial charge in [-0.25, -0.2) is 8.78 Å². The van der Waals surface area contributed by atoms with E-state index in [9.17, 15) is 13.6 Å². The van der Waals surface area contributed by atoms with Gasteiger partial charge in [0.25, 0.3) is 0 Å². The van der Waals surface area contributed by atoms with Crippen molar-refractivity contribution >= 4 is 5.91 Å². The quantitative estimate of drug-likeness (QED) is 0.616. The van der Waals surface area contributed by atoms with Crippen molar-refractivity contribution < 1.29 is 13.6 Å². The van der Waals surface area contributed by atoms with Crippen molar-refractivity contribution in [3.63, 3.8) is 0 Å². The molecule has 0 spiro atoms. The van der Waals surface area contributed by atoms with Crippen molar-refractivity contribution in [1.82, 2.24) is 5.32 Å². The van der Waals surface area contributed by atoms with Crippen LogP contribution in [-0.4, -0.2) is 12.5 Å². The maximum Gasteiger partial charge on any atom is 0.232 e. The van der Waals surface area contributed by atoms with Gasteiger partial charge in [-0.2, -0.15) is 0 Å². The lowest BCUT2D eigenvalue weighted by Crippen LogP contribution is -2.37. The number of halogens is 2. The van der Waals surface area contributed by atoms with E-state index in [1.165, 1.54) is 12.1 Å². The van der Waals surface area contributed by atoms with Crippen LogP contribution in [0.1, 0.15) is 36.0 Å². The first-order valence-corrected chi connectivity index (χ1v) is 9.84. The first-order valence-electron chi connectivity index (χ1n) is 9.84. The molecular formula is C25H23F2NO. The summed E-state index contributed by atoms with van der Waals surface area (Å²) in [6.45, 7) is 2.35. The molecule has 29 heavy (non-hydrogen) atoms. The molecular weight excluding hydrogens is 368 g/mol. The minimum atomic E-state index is -0.591. The van der Waals surface area contributed by atoms with Gasteiger partial charge in [-0.05, 0) is 35.1 Å². The van der Waals surface area contributed by atoms with Gasteiger partial charge in [0, 0.05) is 18.0 Å². The molecule has 1 N–H and O–H groups in total. The van der Waals surface area contributed by atoms with E-state index >= 15 is 0 Å². The van der Waals surface area contributed by atoms with Crippen LogP contribution in [0.15, 0.2) is 78.9 Å². The van der Waals surface area contributed by atoms with Gasteiger partial charge in [-0.1, -0.05) is 73.7 Å². The van der Waals surface area contributed by atoms with Crippen molar-refractivity contribution in [2.75, 3.05) is 6.54 Å². The number of hydrogen-bond acceptors (Lipinski definition) is 1. The average Bonchev–Trinajstić information content (AvgIpc) is 3.38. The standard InChI is InChI=1S/C25H23F2NO/c1-17-15-25(17,21-13-12-20(26)14-22(21)27)16-28-24(29)23(18-8-4-2-5-9-18)19-10-6-3-7-11-19/h2-14,17,23H,15-16H2,1H3,(H,28,29). The molecule has 0 bridgehead atoms. The first kappa shape index (κ1) is 19.3. The van der Waals surface area contributed by atoms with E-state index in [2.05, 4.69) is 5.32 Å². The second kappa shape index (κ2) is 7.78. The molecule has 0 heterocycles. The van der Waals surface area contributed by atoms with Crippen molar-refractivity contribution in [1.29, 1.82) is 0 Å². The normalized spacial score (nSPS) is 20.5. The molecule has 4 heteroatoms. The number of nitrogens with one attached hydrogen (secondary N) is 1. The predicted octanol–water partition coefficient (Wildman–Crippen LogP) is 5.19. The van der Waals surface area contributed by atoms with Crippen LogP contribution in [0.25, 0.3) is 0 Å². The van der Waals surface area contributed by atoms with E-state index in [4.69, 9.17) is 0 Å². The molecule has 1 fully saturated rings. The number of benzene rings is 3. The Morgan fingerprint density at radius 2 is 1.55 bits per heavy atom. The van der Waals surface area contributed by atoms with E-state index in [0.717, 1.165) is 23.6 Å². The largest absolute Gasteiger partial charge is 0.354 e. The predicted molar refractivity (Wildman–Crippen MR) is 110 cm³/mol. The lowest BCUT2D eigenvalue weighted by atomic mass is 9.89. The van der Waals surface area contributed by atoms with Crippen molar-refractivity contribution in [2.24, 2.45) is 5.92 Å². The summed E-state index contributed by atoms with van der Waals surface area (Å²) in [4.78, 5) is 13.2. The molecule has 0 radical (unpaired) electrons. The fourth-order valence-electron chi connectivity index (χ4n) is 4.23. The van der Waals surface area contributed by atoms with Crippen LogP contribution in [-0.2, 0) is 10.2 Å². The summed E-state index contributed by atoms with van der Waals surface area (Å²) in [6, 6.07) is 22.9. The monoisotopic (exact) mass is 391 g/mol. The number of amides is 1. The van der Waals surface area contributed by atoms with Crippen LogP contribution in [0.5, 0.6) is 0 Å². The molecule has 3 aromatic carbocycles. The van der Waals surface area contributed by atoms with Crippen LogP contribution in [0.4, 0.5) is 8.78 Å². The SMILES string of the molecule is CC1CC1(CNC(=O)C(c1ccccc1)c1ccccc1)c1ccc(F)cc1F. The summed E-state index contributed by atoms with van der Waals surface area (Å²) in [5, 5.41) is 3.05. The highest BCUT2D eigenvalue weighted by atomic mass is 19.1. The van der Waals surface area contributed by atoms with Gasteiger partial charge < -0.3 is 5.32 Å². The highest BCUT2D eigenvalue weighted by Gasteiger charge is 2.53. The number of rotatable bonds is 6. The van der Waals surface area contributed by atoms with Crippen LogP contribution < -0.4 is 5.32 Å². The summed E-state index contributed by atoms with van der Waals surface area (Å²) in [6.07, 6.45) is 0.761. The molecule has 1 saturated carbocycles. The maximum atomic E-state index is 14.4. The van der Waals surface area contributed by atoms with Crippen LogP contribution in [0, 0.1) is 17.6 Å². The zero-order valence-electron chi connectivity index (χ0n) is 16.2. The summed E-state index contributed by atoms with van der Waals surface area (Å²) >= 11 is 0. The molecule has 2 unspecified atom stereocenters. The molecule has 1 aliphatic rings. The topological polar surface area (TPSA) is 29.1 Å². The molecule has 2 atom stereocenters. The van der Waals surface area contributed by atoms with Crippen molar-refractivity contribution in [3.8, 4) is 0 Å². The Kier molecular flexibility index (Phi) is 5.18.